The summed E-state index contributed by atoms with van der Waals surface area (Å²) in [7, 11) is 0. The molecule has 50 valence electrons. The Morgan fingerprint density at radius 1 is 1.56 bits per heavy atom. The van der Waals surface area contributed by atoms with Crippen LogP contribution < -0.4 is 9.83 Å². The third kappa shape index (κ3) is 7.26. The third-order valence-corrected chi connectivity index (χ3v) is 1.17. The minimum atomic E-state index is -0.500. The van der Waals surface area contributed by atoms with Gasteiger partial charge in [0.05, 0.1) is 0 Å². The van der Waals surface area contributed by atoms with Gasteiger partial charge in [-0.25, -0.2) is 0 Å². The molecule has 1 aliphatic rings. The highest BCUT2D eigenvalue weighted by Gasteiger charge is 1.81. The second-order valence-corrected chi connectivity index (χ2v) is 1.90. The number of rotatable bonds is 0. The summed E-state index contributed by atoms with van der Waals surface area (Å²) in [6, 6.07) is 0. The highest BCUT2D eigenvalue weighted by molar-refractivity contribution is 7.95. The number of carboxylic acid groups (broad SMARTS) is 1. The van der Waals surface area contributed by atoms with Gasteiger partial charge in [0.25, 0.3) is 0 Å². The van der Waals surface area contributed by atoms with E-state index in [1.807, 2.05) is 28.5 Å². The molecule has 0 saturated heterocycles. The normalized spacial score (nSPS) is 13.8. The van der Waals surface area contributed by atoms with E-state index in [-0.39, 0.29) is 0 Å². The van der Waals surface area contributed by atoms with Crippen molar-refractivity contribution in [2.24, 2.45) is 0 Å². The van der Waals surface area contributed by atoms with Gasteiger partial charge in [-0.3, -0.25) is 4.72 Å². The van der Waals surface area contributed by atoms with Gasteiger partial charge in [0.2, 0.25) is 0 Å². The van der Waals surface area contributed by atoms with Gasteiger partial charge in [-0.1, -0.05) is 0 Å². The van der Waals surface area contributed by atoms with Crippen LogP contribution in [0.4, 0.5) is 0 Å². The zero-order chi connectivity index (χ0) is 6.95. The number of allylic oxidation sites excluding steroid dienone is 2. The van der Waals surface area contributed by atoms with E-state index >= 15 is 0 Å². The van der Waals surface area contributed by atoms with Crippen LogP contribution in [0.2, 0.25) is 0 Å². The Morgan fingerprint density at radius 2 is 2.22 bits per heavy atom. The van der Waals surface area contributed by atoms with E-state index < -0.39 is 6.47 Å². The molecule has 0 aromatic carbocycles. The summed E-state index contributed by atoms with van der Waals surface area (Å²) >= 11 is 1.70. The first-order valence-electron chi connectivity index (χ1n) is 2.28. The van der Waals surface area contributed by atoms with Crippen LogP contribution in [0, 0.1) is 0 Å². The van der Waals surface area contributed by atoms with E-state index in [1.165, 1.54) is 0 Å². The molecule has 0 saturated carbocycles. The van der Waals surface area contributed by atoms with Crippen molar-refractivity contribution in [3.8, 4) is 0 Å². The lowest BCUT2D eigenvalue weighted by Crippen LogP contribution is -2.68. The molecule has 0 aromatic heterocycles. The minimum absolute atomic E-state index is 0.500. The van der Waals surface area contributed by atoms with Crippen molar-refractivity contribution < 1.29 is 14.6 Å². The van der Waals surface area contributed by atoms with E-state index in [1.54, 1.807) is 11.9 Å². The molecule has 0 atom stereocenters. The molecule has 0 bridgehead atoms. The molecular formula is C5H7NO2S. The fourth-order valence-corrected chi connectivity index (χ4v) is 0.745. The highest BCUT2D eigenvalue weighted by Crippen LogP contribution is 1.89. The van der Waals surface area contributed by atoms with Crippen LogP contribution in [0.1, 0.15) is 0 Å². The predicted octanol–water partition coefficient (Wildman–Crippen LogP) is -1.39. The average Bonchev–Trinajstić information content (AvgIpc) is 1.93. The molecule has 0 unspecified atom stereocenters. The molecule has 0 amide bonds. The molecule has 2 N–H and O–H groups in total. The van der Waals surface area contributed by atoms with Gasteiger partial charge in [-0.15, -0.1) is 0 Å². The number of hydrogen-bond acceptors (Lipinski definition) is 3. The van der Waals surface area contributed by atoms with Gasteiger partial charge in [0.1, 0.15) is 18.1 Å². The molecule has 0 aromatic rings. The minimum Gasteiger partial charge on any atom is -0.554 e. The second kappa shape index (κ2) is 7.26. The number of quaternary nitrogens is 1. The maximum atomic E-state index is 8.25. The Labute approximate surface area is 57.6 Å². The molecule has 1 rings (SSSR count). The number of carbonyl (C=O) groups is 1. The Balaban J connectivity index is 0.000000187. The van der Waals surface area contributed by atoms with E-state index in [0.29, 0.717) is 0 Å². The van der Waals surface area contributed by atoms with Crippen molar-refractivity contribution >= 4 is 18.4 Å². The summed E-state index contributed by atoms with van der Waals surface area (Å²) in [5.74, 6) is 0. The van der Waals surface area contributed by atoms with Crippen LogP contribution in [-0.2, 0) is 4.79 Å². The highest BCUT2D eigenvalue weighted by atomic mass is 32.2. The van der Waals surface area contributed by atoms with Crippen LogP contribution in [0.25, 0.3) is 0 Å². The average molecular weight is 145 g/mol. The molecule has 1 heterocycles. The maximum Gasteiger partial charge on any atom is 0.105 e. The van der Waals surface area contributed by atoms with Crippen molar-refractivity contribution in [1.29, 1.82) is 0 Å². The molecule has 4 heteroatoms. The summed E-state index contributed by atoms with van der Waals surface area (Å²) in [6.07, 6.45) is 6.05. The third-order valence-electron chi connectivity index (χ3n) is 0.536. The Bertz CT molecular complexity index is 110. The smallest absolute Gasteiger partial charge is 0.105 e. The number of hydrogen-bond donors (Lipinski definition) is 1. The number of nitrogens with two attached hydrogens (primary N) is 1. The summed E-state index contributed by atoms with van der Waals surface area (Å²) < 4.78 is 2.04. The quantitative estimate of drug-likeness (QED) is 0.337. The summed E-state index contributed by atoms with van der Waals surface area (Å²) in [4.78, 5) is 8.25. The molecule has 9 heavy (non-hydrogen) atoms. The zero-order valence-corrected chi connectivity index (χ0v) is 5.51. The van der Waals surface area contributed by atoms with Gasteiger partial charge in [-0.2, -0.15) is 0 Å². The van der Waals surface area contributed by atoms with Crippen LogP contribution in [0.3, 0.4) is 0 Å². The molecule has 0 radical (unpaired) electrons. The second-order valence-electron chi connectivity index (χ2n) is 1.08. The van der Waals surface area contributed by atoms with Gasteiger partial charge in [0.15, 0.2) is 0 Å². The zero-order valence-electron chi connectivity index (χ0n) is 4.69. The molecule has 3 nitrogen and oxygen atoms in total. The van der Waals surface area contributed by atoms with Crippen LogP contribution in [0.15, 0.2) is 23.8 Å². The SMILES string of the molecule is C1=C[NH2+]SC=C1.O=C[O-]. The monoisotopic (exact) mass is 145 g/mol. The first kappa shape index (κ1) is 8.26. The van der Waals surface area contributed by atoms with Gasteiger partial charge in [-0.05, 0) is 12.2 Å². The van der Waals surface area contributed by atoms with E-state index in [2.05, 4.69) is 0 Å². The maximum absolute atomic E-state index is 8.25. The van der Waals surface area contributed by atoms with Gasteiger partial charge in [0, 0.05) is 11.9 Å². The van der Waals surface area contributed by atoms with E-state index in [9.17, 15) is 0 Å². The predicted molar refractivity (Wildman–Crippen MR) is 33.9 cm³/mol. The summed E-state index contributed by atoms with van der Waals surface area (Å²) in [5.41, 5.74) is 0. The molecule has 0 fully saturated rings. The Morgan fingerprint density at radius 3 is 2.33 bits per heavy atom. The molecule has 0 aliphatic carbocycles. The lowest BCUT2D eigenvalue weighted by molar-refractivity contribution is -0.395. The molecule has 1 aliphatic heterocycles. The van der Waals surface area contributed by atoms with Crippen LogP contribution in [0.5, 0.6) is 0 Å². The van der Waals surface area contributed by atoms with Crippen molar-refractivity contribution in [2.45, 2.75) is 0 Å². The van der Waals surface area contributed by atoms with Crippen molar-refractivity contribution in [3.63, 3.8) is 0 Å². The number of carbonyl (C=O) groups excluding carboxylic acids is 1. The lowest BCUT2D eigenvalue weighted by atomic mass is 10.6. The first-order valence-corrected chi connectivity index (χ1v) is 3.22. The van der Waals surface area contributed by atoms with E-state index in [4.69, 9.17) is 9.90 Å². The fraction of sp³-hybridized carbons (Fsp3) is 0. The summed E-state index contributed by atoms with van der Waals surface area (Å²) in [5, 5.41) is 10.3. The Hall–Kier alpha value is -0.740. The van der Waals surface area contributed by atoms with Crippen molar-refractivity contribution in [1.82, 2.24) is 0 Å². The fourth-order valence-electron chi connectivity index (χ4n) is 0.291. The van der Waals surface area contributed by atoms with Crippen LogP contribution in [-0.4, -0.2) is 6.47 Å². The lowest BCUT2D eigenvalue weighted by Gasteiger charge is -1.85. The van der Waals surface area contributed by atoms with Gasteiger partial charge >= 0.3 is 0 Å². The molecule has 0 spiro atoms. The van der Waals surface area contributed by atoms with E-state index in [0.717, 1.165) is 0 Å². The Kier molecular flexibility index (Phi) is 6.66. The topological polar surface area (TPSA) is 56.7 Å². The molecular weight excluding hydrogens is 138 g/mol. The first-order chi connectivity index (χ1) is 4.41. The standard InChI is InChI=1S/C4H5NS.CH2O2/c1-2-4-6-5-3-1;2-1-3/h1-5H;1H,(H,2,3). The largest absolute Gasteiger partial charge is 0.554 e. The summed E-state index contributed by atoms with van der Waals surface area (Å²) in [6.45, 7) is -0.500. The van der Waals surface area contributed by atoms with Gasteiger partial charge < -0.3 is 9.90 Å². The van der Waals surface area contributed by atoms with Crippen LogP contribution >= 0.6 is 11.9 Å². The van der Waals surface area contributed by atoms with Crippen molar-refractivity contribution in [3.05, 3.63) is 23.8 Å². The van der Waals surface area contributed by atoms with Crippen molar-refractivity contribution in [2.75, 3.05) is 0 Å².